The lowest BCUT2D eigenvalue weighted by molar-refractivity contribution is 0.619. The molecule has 22 heavy (non-hydrogen) atoms. The molecule has 0 unspecified atom stereocenters. The largest absolute Gasteiger partial charge is 0.436 e. The standard InChI is InChI=1S/C18H18N2OSi/c1-13-5-6-17-16(11-13)20-18(21-17)15-7-9-19-12-14(15)8-10-22(2,3)4/h5-7,9,11-12H,1-4H3. The number of benzene rings is 1. The third-order valence-electron chi connectivity index (χ3n) is 3.17. The van der Waals surface area contributed by atoms with Crippen molar-refractivity contribution in [2.75, 3.05) is 0 Å². The van der Waals surface area contributed by atoms with Crippen LogP contribution in [0.15, 0.2) is 41.1 Å². The Balaban J connectivity index is 2.12. The van der Waals surface area contributed by atoms with Gasteiger partial charge >= 0.3 is 0 Å². The average Bonchev–Trinajstić information content (AvgIpc) is 2.87. The Morgan fingerprint density at radius 2 is 1.95 bits per heavy atom. The van der Waals surface area contributed by atoms with E-state index in [1.54, 1.807) is 12.4 Å². The highest BCUT2D eigenvalue weighted by Gasteiger charge is 2.13. The first-order valence-corrected chi connectivity index (χ1v) is 10.8. The van der Waals surface area contributed by atoms with E-state index in [0.29, 0.717) is 5.89 Å². The second-order valence-electron chi connectivity index (χ2n) is 6.41. The van der Waals surface area contributed by atoms with Crippen LogP contribution >= 0.6 is 0 Å². The molecule has 0 saturated carbocycles. The minimum absolute atomic E-state index is 0.600. The first-order valence-electron chi connectivity index (χ1n) is 7.27. The maximum atomic E-state index is 5.89. The normalized spacial score (nSPS) is 11.3. The number of hydrogen-bond donors (Lipinski definition) is 0. The highest BCUT2D eigenvalue weighted by molar-refractivity contribution is 6.83. The van der Waals surface area contributed by atoms with Crippen LogP contribution in [0.4, 0.5) is 0 Å². The highest BCUT2D eigenvalue weighted by Crippen LogP contribution is 2.26. The zero-order valence-corrected chi connectivity index (χ0v) is 14.3. The van der Waals surface area contributed by atoms with Gasteiger partial charge in [0.1, 0.15) is 13.6 Å². The zero-order chi connectivity index (χ0) is 15.7. The maximum absolute atomic E-state index is 5.89. The summed E-state index contributed by atoms with van der Waals surface area (Å²) in [7, 11) is -1.44. The van der Waals surface area contributed by atoms with E-state index in [1.165, 1.54) is 5.56 Å². The molecular weight excluding hydrogens is 288 g/mol. The fourth-order valence-electron chi connectivity index (χ4n) is 2.09. The summed E-state index contributed by atoms with van der Waals surface area (Å²) >= 11 is 0. The Kier molecular flexibility index (Phi) is 3.59. The fourth-order valence-corrected chi connectivity index (χ4v) is 2.60. The molecule has 0 spiro atoms. The fraction of sp³-hybridized carbons (Fsp3) is 0.222. The molecule has 3 nitrogen and oxygen atoms in total. The molecule has 3 aromatic rings. The van der Waals surface area contributed by atoms with Gasteiger partial charge in [0.25, 0.3) is 0 Å². The van der Waals surface area contributed by atoms with Gasteiger partial charge in [-0.1, -0.05) is 31.6 Å². The van der Waals surface area contributed by atoms with Gasteiger partial charge in [0.05, 0.1) is 11.1 Å². The van der Waals surface area contributed by atoms with E-state index in [2.05, 4.69) is 41.1 Å². The Labute approximate surface area is 131 Å². The smallest absolute Gasteiger partial charge is 0.228 e. The second kappa shape index (κ2) is 5.43. The van der Waals surface area contributed by atoms with Crippen molar-refractivity contribution in [2.24, 2.45) is 0 Å². The van der Waals surface area contributed by atoms with E-state index in [4.69, 9.17) is 4.42 Å². The quantitative estimate of drug-likeness (QED) is 0.493. The van der Waals surface area contributed by atoms with Crippen LogP contribution in [-0.2, 0) is 0 Å². The van der Waals surface area contributed by atoms with Crippen LogP contribution < -0.4 is 0 Å². The summed E-state index contributed by atoms with van der Waals surface area (Å²) in [5, 5.41) is 0. The topological polar surface area (TPSA) is 38.9 Å². The summed E-state index contributed by atoms with van der Waals surface area (Å²) in [6, 6.07) is 7.91. The van der Waals surface area contributed by atoms with Crippen LogP contribution in [-0.4, -0.2) is 18.0 Å². The number of rotatable bonds is 1. The predicted octanol–water partition coefficient (Wildman–Crippen LogP) is 4.43. The summed E-state index contributed by atoms with van der Waals surface area (Å²) in [5.41, 5.74) is 7.97. The van der Waals surface area contributed by atoms with Crippen LogP contribution in [0.3, 0.4) is 0 Å². The lowest BCUT2D eigenvalue weighted by Crippen LogP contribution is -2.16. The second-order valence-corrected chi connectivity index (χ2v) is 11.2. The van der Waals surface area contributed by atoms with Crippen molar-refractivity contribution >= 4 is 19.2 Å². The number of nitrogens with zero attached hydrogens (tertiary/aromatic N) is 2. The SMILES string of the molecule is Cc1ccc2oc(-c3ccncc3C#C[Si](C)(C)C)nc2c1. The molecular formula is C18H18N2OSi. The molecule has 0 fully saturated rings. The molecule has 0 amide bonds. The van der Waals surface area contributed by atoms with Crippen LogP contribution in [0.1, 0.15) is 11.1 Å². The maximum Gasteiger partial charge on any atom is 0.228 e. The molecule has 0 atom stereocenters. The van der Waals surface area contributed by atoms with E-state index in [1.807, 2.05) is 31.2 Å². The van der Waals surface area contributed by atoms with E-state index in [9.17, 15) is 0 Å². The lowest BCUT2D eigenvalue weighted by Gasteiger charge is -2.04. The monoisotopic (exact) mass is 306 g/mol. The van der Waals surface area contributed by atoms with Crippen molar-refractivity contribution in [1.29, 1.82) is 0 Å². The number of pyridine rings is 1. The van der Waals surface area contributed by atoms with Crippen molar-refractivity contribution in [3.05, 3.63) is 47.8 Å². The summed E-state index contributed by atoms with van der Waals surface area (Å²) in [4.78, 5) is 8.78. The van der Waals surface area contributed by atoms with Gasteiger partial charge in [-0.2, -0.15) is 0 Å². The highest BCUT2D eigenvalue weighted by atomic mass is 28.3. The molecule has 110 valence electrons. The van der Waals surface area contributed by atoms with Gasteiger partial charge < -0.3 is 4.42 Å². The van der Waals surface area contributed by atoms with Crippen LogP contribution in [0.2, 0.25) is 19.6 Å². The van der Waals surface area contributed by atoms with Gasteiger partial charge in [-0.25, -0.2) is 4.98 Å². The van der Waals surface area contributed by atoms with Crippen molar-refractivity contribution in [3.8, 4) is 22.9 Å². The molecule has 0 N–H and O–H groups in total. The molecule has 0 radical (unpaired) electrons. The van der Waals surface area contributed by atoms with E-state index in [0.717, 1.165) is 22.2 Å². The summed E-state index contributed by atoms with van der Waals surface area (Å²) in [6.45, 7) is 8.71. The molecule has 4 heteroatoms. The van der Waals surface area contributed by atoms with Crippen molar-refractivity contribution in [2.45, 2.75) is 26.6 Å². The molecule has 0 aliphatic rings. The zero-order valence-electron chi connectivity index (χ0n) is 13.3. The van der Waals surface area contributed by atoms with Gasteiger partial charge in [0.2, 0.25) is 5.89 Å². The Morgan fingerprint density at radius 3 is 2.73 bits per heavy atom. The first-order chi connectivity index (χ1) is 10.4. The van der Waals surface area contributed by atoms with Gasteiger partial charge in [0.15, 0.2) is 5.58 Å². The number of oxazole rings is 1. The molecule has 2 heterocycles. The van der Waals surface area contributed by atoms with Gasteiger partial charge in [0, 0.05) is 12.4 Å². The lowest BCUT2D eigenvalue weighted by atomic mass is 10.1. The average molecular weight is 306 g/mol. The summed E-state index contributed by atoms with van der Waals surface area (Å²) < 4.78 is 5.89. The number of fused-ring (bicyclic) bond motifs is 1. The molecule has 0 saturated heterocycles. The molecule has 1 aromatic carbocycles. The molecule has 0 bridgehead atoms. The Bertz CT molecular complexity index is 895. The summed E-state index contributed by atoms with van der Waals surface area (Å²) in [5.74, 6) is 3.86. The Hall–Kier alpha value is -2.38. The van der Waals surface area contributed by atoms with Gasteiger partial charge in [-0.3, -0.25) is 4.98 Å². The number of aryl methyl sites for hydroxylation is 1. The van der Waals surface area contributed by atoms with Crippen LogP contribution in [0, 0.1) is 18.4 Å². The summed E-state index contributed by atoms with van der Waals surface area (Å²) in [6.07, 6.45) is 3.53. The van der Waals surface area contributed by atoms with Crippen molar-refractivity contribution < 1.29 is 4.42 Å². The Morgan fingerprint density at radius 1 is 1.14 bits per heavy atom. The first kappa shape index (κ1) is 14.5. The minimum Gasteiger partial charge on any atom is -0.436 e. The molecule has 2 aromatic heterocycles. The van der Waals surface area contributed by atoms with E-state index in [-0.39, 0.29) is 0 Å². The number of aromatic nitrogens is 2. The van der Waals surface area contributed by atoms with Gasteiger partial charge in [-0.15, -0.1) is 5.54 Å². The number of hydrogen-bond acceptors (Lipinski definition) is 3. The van der Waals surface area contributed by atoms with E-state index < -0.39 is 8.07 Å². The van der Waals surface area contributed by atoms with Crippen LogP contribution in [0.25, 0.3) is 22.6 Å². The molecule has 0 aliphatic heterocycles. The van der Waals surface area contributed by atoms with Gasteiger partial charge in [-0.05, 0) is 30.7 Å². The molecule has 3 rings (SSSR count). The van der Waals surface area contributed by atoms with Crippen LogP contribution in [0.5, 0.6) is 0 Å². The third-order valence-corrected chi connectivity index (χ3v) is 4.04. The van der Waals surface area contributed by atoms with E-state index >= 15 is 0 Å². The minimum atomic E-state index is -1.44. The van der Waals surface area contributed by atoms with Crippen molar-refractivity contribution in [3.63, 3.8) is 0 Å². The molecule has 0 aliphatic carbocycles. The predicted molar refractivity (Wildman–Crippen MR) is 92.2 cm³/mol. The van der Waals surface area contributed by atoms with Crippen molar-refractivity contribution in [1.82, 2.24) is 9.97 Å². The third kappa shape index (κ3) is 3.10.